The van der Waals surface area contributed by atoms with Crippen LogP contribution in [0.1, 0.15) is 51.3 Å². The van der Waals surface area contributed by atoms with E-state index in [2.05, 4.69) is 37.1 Å². The highest BCUT2D eigenvalue weighted by atomic mass is 19.4. The van der Waals surface area contributed by atoms with E-state index in [4.69, 9.17) is 4.74 Å². The van der Waals surface area contributed by atoms with E-state index in [9.17, 15) is 18.0 Å². The van der Waals surface area contributed by atoms with E-state index in [0.717, 1.165) is 32.0 Å². The van der Waals surface area contributed by atoms with Crippen LogP contribution in [-0.2, 0) is 12.7 Å². The van der Waals surface area contributed by atoms with Crippen LogP contribution in [0.25, 0.3) is 5.65 Å². The largest absolute Gasteiger partial charge is 0.473 e. The molecule has 1 saturated carbocycles. The number of carbonyl (C=O) groups is 1. The Hall–Kier alpha value is -4.47. The van der Waals surface area contributed by atoms with Gasteiger partial charge in [0.05, 0.1) is 23.0 Å². The zero-order valence-corrected chi connectivity index (χ0v) is 23.8. The van der Waals surface area contributed by atoms with Crippen molar-refractivity contribution in [2.24, 2.45) is 0 Å². The second kappa shape index (κ2) is 11.7. The summed E-state index contributed by atoms with van der Waals surface area (Å²) in [6.45, 7) is 4.95. The number of likely N-dealkylation sites (N-methyl/N-ethyl adjacent to an activating group) is 1. The molecule has 1 aliphatic carbocycles. The number of carbonyl (C=O) groups excluding carboxylic acids is 1. The van der Waals surface area contributed by atoms with Gasteiger partial charge in [0.2, 0.25) is 5.88 Å². The van der Waals surface area contributed by atoms with Gasteiger partial charge in [0, 0.05) is 56.2 Å². The summed E-state index contributed by atoms with van der Waals surface area (Å²) in [5, 5.41) is 7.06. The molecule has 2 fully saturated rings. The Kier molecular flexibility index (Phi) is 7.77. The first-order chi connectivity index (χ1) is 20.6. The third-order valence-corrected chi connectivity index (χ3v) is 7.49. The van der Waals surface area contributed by atoms with Gasteiger partial charge in [0.15, 0.2) is 5.65 Å². The molecule has 9 nitrogen and oxygen atoms in total. The number of pyridine rings is 1. The topological polar surface area (TPSA) is 87.9 Å². The van der Waals surface area contributed by atoms with Crippen molar-refractivity contribution in [1.82, 2.24) is 29.4 Å². The molecule has 1 amide bonds. The van der Waals surface area contributed by atoms with Crippen molar-refractivity contribution < 1.29 is 22.7 Å². The minimum Gasteiger partial charge on any atom is -0.473 e. The van der Waals surface area contributed by atoms with Crippen LogP contribution in [-0.4, -0.2) is 74.6 Å². The molecule has 1 aromatic carbocycles. The number of benzene rings is 1. The third-order valence-electron chi connectivity index (χ3n) is 7.49. The highest BCUT2D eigenvalue weighted by molar-refractivity contribution is 6.04. The average Bonchev–Trinajstić information content (AvgIpc) is 3.70. The molecule has 0 radical (unpaired) electrons. The number of nitrogens with one attached hydrogen (secondary N) is 1. The third kappa shape index (κ3) is 6.79. The number of rotatable bonds is 6. The number of anilines is 1. The van der Waals surface area contributed by atoms with E-state index in [0.29, 0.717) is 41.6 Å². The number of ether oxygens (including phenoxy) is 1. The first-order valence-electron chi connectivity index (χ1n) is 14.0. The van der Waals surface area contributed by atoms with Crippen LogP contribution in [0.3, 0.4) is 0 Å². The number of alkyl halides is 3. The Morgan fingerprint density at radius 3 is 2.58 bits per heavy atom. The number of piperazine rings is 1. The van der Waals surface area contributed by atoms with E-state index < -0.39 is 17.6 Å². The van der Waals surface area contributed by atoms with Crippen molar-refractivity contribution in [3.05, 3.63) is 82.4 Å². The summed E-state index contributed by atoms with van der Waals surface area (Å²) in [7, 11) is 1.99. The maximum absolute atomic E-state index is 14.0. The van der Waals surface area contributed by atoms with E-state index in [1.807, 2.05) is 11.9 Å². The average molecular weight is 590 g/mol. The van der Waals surface area contributed by atoms with E-state index in [1.54, 1.807) is 35.8 Å². The molecule has 0 unspecified atom stereocenters. The Bertz CT molecular complexity index is 1730. The highest BCUT2D eigenvalue weighted by Crippen LogP contribution is 2.35. The summed E-state index contributed by atoms with van der Waals surface area (Å²) in [5.41, 5.74) is 1.87. The Labute approximate surface area is 246 Å². The van der Waals surface area contributed by atoms with Gasteiger partial charge < -0.3 is 15.0 Å². The maximum atomic E-state index is 14.0. The van der Waals surface area contributed by atoms with Crippen molar-refractivity contribution >= 4 is 17.2 Å². The maximum Gasteiger partial charge on any atom is 0.416 e. The molecule has 43 heavy (non-hydrogen) atoms. The van der Waals surface area contributed by atoms with E-state index >= 15 is 0 Å². The van der Waals surface area contributed by atoms with Gasteiger partial charge in [-0.15, -0.1) is 5.10 Å². The molecule has 4 heterocycles. The predicted octanol–water partition coefficient (Wildman–Crippen LogP) is 4.39. The molecule has 0 bridgehead atoms. The SMILES string of the molecule is Cc1ncc(C(=O)Nc2ccc(CN3CCN(C)CC3)c(C(F)(F)F)c2)cc1C#Cc1cnc2ccc(OC3CC3)nn12. The summed E-state index contributed by atoms with van der Waals surface area (Å²) in [6, 6.07) is 9.06. The number of hydrogen-bond acceptors (Lipinski definition) is 7. The van der Waals surface area contributed by atoms with Gasteiger partial charge in [-0.3, -0.25) is 14.7 Å². The summed E-state index contributed by atoms with van der Waals surface area (Å²) in [5.74, 6) is 5.96. The number of halogens is 3. The van der Waals surface area contributed by atoms with Crippen molar-refractivity contribution in [1.29, 1.82) is 0 Å². The molecule has 12 heteroatoms. The lowest BCUT2D eigenvalue weighted by Crippen LogP contribution is -2.44. The molecular formula is C31H30F3N7O2. The van der Waals surface area contributed by atoms with E-state index in [-0.39, 0.29) is 29.5 Å². The Morgan fingerprint density at radius 2 is 1.84 bits per heavy atom. The quantitative estimate of drug-likeness (QED) is 0.334. The van der Waals surface area contributed by atoms with Crippen LogP contribution < -0.4 is 10.1 Å². The summed E-state index contributed by atoms with van der Waals surface area (Å²) in [6.07, 6.45) is 0.636. The number of imidazole rings is 1. The fraction of sp³-hybridized carbons (Fsp3) is 0.355. The van der Waals surface area contributed by atoms with Crippen molar-refractivity contribution in [2.45, 2.75) is 38.6 Å². The van der Waals surface area contributed by atoms with Crippen molar-refractivity contribution in [3.8, 4) is 17.7 Å². The van der Waals surface area contributed by atoms with Crippen LogP contribution in [0, 0.1) is 18.8 Å². The van der Waals surface area contributed by atoms with Crippen LogP contribution in [0.4, 0.5) is 18.9 Å². The molecule has 3 aromatic heterocycles. The lowest BCUT2D eigenvalue weighted by atomic mass is 10.0. The molecule has 1 aliphatic heterocycles. The lowest BCUT2D eigenvalue weighted by molar-refractivity contribution is -0.138. The number of aromatic nitrogens is 4. The molecule has 222 valence electrons. The highest BCUT2D eigenvalue weighted by Gasteiger charge is 2.34. The zero-order chi connectivity index (χ0) is 30.1. The van der Waals surface area contributed by atoms with Crippen LogP contribution in [0.5, 0.6) is 5.88 Å². The zero-order valence-electron chi connectivity index (χ0n) is 23.8. The van der Waals surface area contributed by atoms with Gasteiger partial charge in [-0.05, 0) is 62.6 Å². The molecule has 1 saturated heterocycles. The van der Waals surface area contributed by atoms with Crippen molar-refractivity contribution in [2.75, 3.05) is 38.5 Å². The van der Waals surface area contributed by atoms with Gasteiger partial charge in [-0.2, -0.15) is 13.2 Å². The minimum atomic E-state index is -4.56. The van der Waals surface area contributed by atoms with Gasteiger partial charge >= 0.3 is 6.18 Å². The summed E-state index contributed by atoms with van der Waals surface area (Å²) in [4.78, 5) is 25.8. The lowest BCUT2D eigenvalue weighted by Gasteiger charge is -2.33. The van der Waals surface area contributed by atoms with Crippen molar-refractivity contribution in [3.63, 3.8) is 0 Å². The van der Waals surface area contributed by atoms with Crippen LogP contribution >= 0.6 is 0 Å². The number of hydrogen-bond donors (Lipinski definition) is 1. The number of aryl methyl sites for hydroxylation is 1. The van der Waals surface area contributed by atoms with Crippen LogP contribution in [0.15, 0.2) is 48.8 Å². The standard InChI is InChI=1S/C31H30F3N7O2/c1-20-21(4-6-25-18-36-28-9-10-29(38-41(25)28)43-26-7-8-26)15-23(17-35-20)30(42)37-24-5-3-22(27(16-24)31(32,33)34)19-40-13-11-39(2)12-14-40/h3,5,9-10,15-18,26H,7-8,11-14,19H2,1-2H3,(H,37,42). The van der Waals surface area contributed by atoms with Gasteiger partial charge in [0.25, 0.3) is 5.91 Å². The number of fused-ring (bicyclic) bond motifs is 1. The van der Waals surface area contributed by atoms with Gasteiger partial charge in [-0.1, -0.05) is 12.0 Å². The first-order valence-corrected chi connectivity index (χ1v) is 14.0. The smallest absolute Gasteiger partial charge is 0.416 e. The molecule has 6 rings (SSSR count). The van der Waals surface area contributed by atoms with Crippen LogP contribution in [0.2, 0.25) is 0 Å². The summed E-state index contributed by atoms with van der Waals surface area (Å²) < 4.78 is 49.4. The number of nitrogens with zero attached hydrogens (tertiary/aromatic N) is 6. The Morgan fingerprint density at radius 1 is 1.05 bits per heavy atom. The fourth-order valence-corrected chi connectivity index (χ4v) is 4.78. The predicted molar refractivity (Wildman–Crippen MR) is 154 cm³/mol. The van der Waals surface area contributed by atoms with Gasteiger partial charge in [-0.25, -0.2) is 9.50 Å². The number of amides is 1. The first kappa shape index (κ1) is 28.6. The molecule has 0 atom stereocenters. The molecule has 0 spiro atoms. The molecular weight excluding hydrogens is 559 g/mol. The summed E-state index contributed by atoms with van der Waals surface area (Å²) >= 11 is 0. The molecule has 1 N–H and O–H groups in total. The molecule has 2 aliphatic rings. The molecule has 4 aromatic rings. The fourth-order valence-electron chi connectivity index (χ4n) is 4.78. The van der Waals surface area contributed by atoms with Gasteiger partial charge in [0.1, 0.15) is 11.8 Å². The normalized spacial score (nSPS) is 16.1. The minimum absolute atomic E-state index is 0.0497. The monoisotopic (exact) mass is 589 g/mol. The van der Waals surface area contributed by atoms with E-state index in [1.165, 1.54) is 18.3 Å². The second-order valence-electron chi connectivity index (χ2n) is 10.9. The Balaban J connectivity index is 1.20. The second-order valence-corrected chi connectivity index (χ2v) is 10.9.